The minimum Gasteiger partial charge on any atom is -0.297 e. The molecule has 1 aromatic heterocycles. The fraction of sp³-hybridized carbons (Fsp3) is 0.368. The molecule has 132 valence electrons. The van der Waals surface area contributed by atoms with Crippen LogP contribution in [0.1, 0.15) is 17.4 Å². The lowest BCUT2D eigenvalue weighted by molar-refractivity contribution is -0.122. The van der Waals surface area contributed by atoms with E-state index in [0.29, 0.717) is 6.54 Å². The number of hydrogen-bond donors (Lipinski definition) is 1. The van der Waals surface area contributed by atoms with Gasteiger partial charge in [-0.2, -0.15) is 5.10 Å². The molecule has 6 heteroatoms. The monoisotopic (exact) mass is 356 g/mol. The molecule has 3 rings (SSSR count). The molecule has 0 spiro atoms. The molecule has 0 aliphatic carbocycles. The third-order valence-electron chi connectivity index (χ3n) is 4.31. The third kappa shape index (κ3) is 5.49. The van der Waals surface area contributed by atoms with Gasteiger partial charge in [0, 0.05) is 37.6 Å². The minimum absolute atomic E-state index is 0.0487. The lowest BCUT2D eigenvalue weighted by Crippen LogP contribution is -2.48. The number of nitrogens with zero attached hydrogens (tertiary/aromatic N) is 3. The smallest absolute Gasteiger partial charge is 0.254 e. The van der Waals surface area contributed by atoms with Crippen LogP contribution in [0, 0.1) is 0 Å². The Balaban J connectivity index is 1.40. The minimum atomic E-state index is -0.0487. The first-order valence-electron chi connectivity index (χ1n) is 8.56. The van der Waals surface area contributed by atoms with Gasteiger partial charge in [-0.1, -0.05) is 36.4 Å². The Hall–Kier alpha value is -2.02. The summed E-state index contributed by atoms with van der Waals surface area (Å²) in [5.74, 6) is -0.0487. The zero-order chi connectivity index (χ0) is 17.5. The van der Waals surface area contributed by atoms with Crippen molar-refractivity contribution in [1.82, 2.24) is 15.2 Å². The number of benzene rings is 1. The zero-order valence-corrected chi connectivity index (χ0v) is 15.3. The number of hydrogen-bond acceptors (Lipinski definition) is 5. The van der Waals surface area contributed by atoms with E-state index in [1.54, 1.807) is 11.3 Å². The van der Waals surface area contributed by atoms with Crippen LogP contribution in [0.25, 0.3) is 0 Å². The van der Waals surface area contributed by atoms with Crippen molar-refractivity contribution in [1.29, 1.82) is 0 Å². The van der Waals surface area contributed by atoms with Crippen LogP contribution in [0.5, 0.6) is 0 Å². The highest BCUT2D eigenvalue weighted by atomic mass is 32.1. The molecule has 1 aromatic carbocycles. The van der Waals surface area contributed by atoms with E-state index in [-0.39, 0.29) is 5.91 Å². The summed E-state index contributed by atoms with van der Waals surface area (Å²) in [6.07, 6.45) is 0. The van der Waals surface area contributed by atoms with Gasteiger partial charge in [-0.25, -0.2) is 5.43 Å². The van der Waals surface area contributed by atoms with Crippen molar-refractivity contribution in [2.45, 2.75) is 13.5 Å². The summed E-state index contributed by atoms with van der Waals surface area (Å²) in [6, 6.07) is 14.5. The predicted molar refractivity (Wildman–Crippen MR) is 103 cm³/mol. The highest BCUT2D eigenvalue weighted by Crippen LogP contribution is 2.10. The van der Waals surface area contributed by atoms with Crippen molar-refractivity contribution in [2.75, 3.05) is 32.7 Å². The normalized spacial score (nSPS) is 16.8. The number of amides is 1. The van der Waals surface area contributed by atoms with Crippen LogP contribution in [-0.4, -0.2) is 54.1 Å². The summed E-state index contributed by atoms with van der Waals surface area (Å²) < 4.78 is 0. The number of nitrogens with one attached hydrogen (secondary N) is 1. The summed E-state index contributed by atoms with van der Waals surface area (Å²) in [4.78, 5) is 17.8. The number of rotatable bonds is 6. The Labute approximate surface area is 153 Å². The van der Waals surface area contributed by atoms with Gasteiger partial charge >= 0.3 is 0 Å². The summed E-state index contributed by atoms with van der Waals surface area (Å²) in [7, 11) is 0. The van der Waals surface area contributed by atoms with E-state index in [9.17, 15) is 4.79 Å². The molecule has 5 nitrogen and oxygen atoms in total. The lowest BCUT2D eigenvalue weighted by atomic mass is 10.2. The topological polar surface area (TPSA) is 47.9 Å². The van der Waals surface area contributed by atoms with Crippen LogP contribution in [0.4, 0.5) is 0 Å². The summed E-state index contributed by atoms with van der Waals surface area (Å²) >= 11 is 1.62. The molecule has 2 heterocycles. The largest absolute Gasteiger partial charge is 0.297 e. The van der Waals surface area contributed by atoms with E-state index < -0.39 is 0 Å². The molecule has 0 radical (unpaired) electrons. The van der Waals surface area contributed by atoms with Crippen LogP contribution < -0.4 is 5.43 Å². The van der Waals surface area contributed by atoms with Crippen molar-refractivity contribution >= 4 is 23.0 Å². The van der Waals surface area contributed by atoms with Crippen LogP contribution in [-0.2, 0) is 11.3 Å². The zero-order valence-electron chi connectivity index (χ0n) is 14.5. The molecular formula is C19H24N4OS. The molecule has 1 N–H and O–H groups in total. The predicted octanol–water partition coefficient (Wildman–Crippen LogP) is 2.41. The Morgan fingerprint density at radius 3 is 2.48 bits per heavy atom. The molecule has 1 amide bonds. The molecule has 0 saturated carbocycles. The highest BCUT2D eigenvalue weighted by Gasteiger charge is 2.18. The van der Waals surface area contributed by atoms with Crippen molar-refractivity contribution in [3.63, 3.8) is 0 Å². The maximum atomic E-state index is 12.1. The van der Waals surface area contributed by atoms with Crippen LogP contribution >= 0.6 is 11.3 Å². The quantitative estimate of drug-likeness (QED) is 0.639. The van der Waals surface area contributed by atoms with Gasteiger partial charge in [-0.15, -0.1) is 11.3 Å². The Morgan fingerprint density at radius 1 is 1.08 bits per heavy atom. The molecule has 0 atom stereocenters. The average Bonchev–Trinajstić information content (AvgIpc) is 3.17. The van der Waals surface area contributed by atoms with E-state index in [1.807, 2.05) is 30.5 Å². The summed E-state index contributed by atoms with van der Waals surface area (Å²) in [6.45, 7) is 7.08. The van der Waals surface area contributed by atoms with Crippen molar-refractivity contribution in [3.8, 4) is 0 Å². The molecule has 1 aliphatic rings. The Morgan fingerprint density at radius 2 is 1.80 bits per heavy atom. The molecule has 0 bridgehead atoms. The number of piperazine rings is 1. The second-order valence-corrected chi connectivity index (χ2v) is 7.20. The number of thiophene rings is 1. The Bertz CT molecular complexity index is 691. The standard InChI is InChI=1S/C19H24N4OS/c1-16(18-8-5-13-25-18)20-21-19(24)15-23-11-9-22(10-12-23)14-17-6-3-2-4-7-17/h2-8,13H,9-12,14-15H2,1H3,(H,21,24)/b20-16+. The van der Waals surface area contributed by atoms with Crippen LogP contribution in [0.15, 0.2) is 52.9 Å². The first kappa shape index (κ1) is 17.8. The van der Waals surface area contributed by atoms with E-state index in [1.165, 1.54) is 5.56 Å². The highest BCUT2D eigenvalue weighted by molar-refractivity contribution is 7.12. The van der Waals surface area contributed by atoms with Crippen molar-refractivity contribution in [3.05, 3.63) is 58.3 Å². The fourth-order valence-electron chi connectivity index (χ4n) is 2.87. The SMILES string of the molecule is C/C(=N\NC(=O)CN1CCN(Cc2ccccc2)CC1)c1cccs1. The number of carbonyl (C=O) groups is 1. The van der Waals surface area contributed by atoms with E-state index in [4.69, 9.17) is 0 Å². The van der Waals surface area contributed by atoms with Crippen LogP contribution in [0.3, 0.4) is 0 Å². The lowest BCUT2D eigenvalue weighted by Gasteiger charge is -2.34. The van der Waals surface area contributed by atoms with Gasteiger partial charge in [-0.05, 0) is 23.9 Å². The molecule has 1 aliphatic heterocycles. The fourth-order valence-corrected chi connectivity index (χ4v) is 3.55. The molecule has 1 fully saturated rings. The van der Waals surface area contributed by atoms with Crippen molar-refractivity contribution < 1.29 is 4.79 Å². The van der Waals surface area contributed by atoms with Gasteiger partial charge in [-0.3, -0.25) is 14.6 Å². The summed E-state index contributed by atoms with van der Waals surface area (Å²) in [5, 5.41) is 6.20. The molecule has 2 aromatic rings. The first-order chi connectivity index (χ1) is 12.2. The second kappa shape index (κ2) is 8.89. The number of hydrazone groups is 1. The molecule has 0 unspecified atom stereocenters. The summed E-state index contributed by atoms with van der Waals surface area (Å²) in [5.41, 5.74) is 4.85. The van der Waals surface area contributed by atoms with Gasteiger partial charge in [0.05, 0.1) is 12.3 Å². The Kier molecular flexibility index (Phi) is 6.33. The van der Waals surface area contributed by atoms with Gasteiger partial charge < -0.3 is 0 Å². The molecular weight excluding hydrogens is 332 g/mol. The van der Waals surface area contributed by atoms with E-state index >= 15 is 0 Å². The maximum absolute atomic E-state index is 12.1. The van der Waals surface area contributed by atoms with Gasteiger partial charge in [0.2, 0.25) is 0 Å². The second-order valence-electron chi connectivity index (χ2n) is 6.25. The third-order valence-corrected chi connectivity index (χ3v) is 5.29. The van der Waals surface area contributed by atoms with Gasteiger partial charge in [0.25, 0.3) is 5.91 Å². The van der Waals surface area contributed by atoms with E-state index in [0.717, 1.165) is 43.3 Å². The van der Waals surface area contributed by atoms with Crippen molar-refractivity contribution in [2.24, 2.45) is 5.10 Å². The van der Waals surface area contributed by atoms with Gasteiger partial charge in [0.15, 0.2) is 0 Å². The van der Waals surface area contributed by atoms with Crippen LogP contribution in [0.2, 0.25) is 0 Å². The average molecular weight is 356 g/mol. The number of carbonyl (C=O) groups excluding carboxylic acids is 1. The first-order valence-corrected chi connectivity index (χ1v) is 9.44. The maximum Gasteiger partial charge on any atom is 0.254 e. The van der Waals surface area contributed by atoms with E-state index in [2.05, 4.69) is 44.6 Å². The molecule has 25 heavy (non-hydrogen) atoms. The van der Waals surface area contributed by atoms with Gasteiger partial charge in [0.1, 0.15) is 0 Å². The molecule has 1 saturated heterocycles.